The van der Waals surface area contributed by atoms with Gasteiger partial charge in [0, 0.05) is 6.42 Å². The van der Waals surface area contributed by atoms with Gasteiger partial charge in [-0.3, -0.25) is 9.63 Å². The van der Waals surface area contributed by atoms with Crippen molar-refractivity contribution in [2.75, 3.05) is 0 Å². The minimum Gasteiger partial charge on any atom is -0.393 e. The van der Waals surface area contributed by atoms with E-state index in [1.807, 2.05) is 30.3 Å². The van der Waals surface area contributed by atoms with Crippen molar-refractivity contribution in [3.63, 3.8) is 0 Å². The lowest BCUT2D eigenvalue weighted by molar-refractivity contribution is -0.135. The topological polar surface area (TPSA) is 58.6 Å². The van der Waals surface area contributed by atoms with Gasteiger partial charge in [0.2, 0.25) is 5.91 Å². The highest BCUT2D eigenvalue weighted by molar-refractivity contribution is 5.74. The molecule has 1 rings (SSSR count). The van der Waals surface area contributed by atoms with Crippen LogP contribution in [-0.4, -0.2) is 17.1 Å². The number of rotatable bonds is 6. The summed E-state index contributed by atoms with van der Waals surface area (Å²) in [6.07, 6.45) is 0.257. The van der Waals surface area contributed by atoms with Gasteiger partial charge in [0.25, 0.3) is 0 Å². The van der Waals surface area contributed by atoms with E-state index in [4.69, 9.17) is 9.94 Å². The lowest BCUT2D eigenvalue weighted by atomic mass is 10.2. The average molecular weight is 223 g/mol. The minimum atomic E-state index is -0.458. The van der Waals surface area contributed by atoms with Gasteiger partial charge in [0.15, 0.2) is 0 Å². The second-order valence-electron chi connectivity index (χ2n) is 3.69. The van der Waals surface area contributed by atoms with Crippen molar-refractivity contribution in [2.45, 2.75) is 32.5 Å². The molecule has 0 spiro atoms. The fraction of sp³-hybridized carbons (Fsp3) is 0.417. The van der Waals surface area contributed by atoms with Crippen LogP contribution in [0.2, 0.25) is 0 Å². The van der Waals surface area contributed by atoms with E-state index in [1.54, 1.807) is 6.92 Å². The maximum atomic E-state index is 11.2. The standard InChI is InChI=1S/C12H17NO3/c1-10(14)7-8-12(15)13-16-9-11-5-3-2-4-6-11/h2-6,10,14H,7-9H2,1H3,(H,13,15). The summed E-state index contributed by atoms with van der Waals surface area (Å²) >= 11 is 0. The fourth-order valence-electron chi connectivity index (χ4n) is 1.17. The van der Waals surface area contributed by atoms with Gasteiger partial charge in [-0.1, -0.05) is 30.3 Å². The molecular weight excluding hydrogens is 206 g/mol. The summed E-state index contributed by atoms with van der Waals surface area (Å²) in [5, 5.41) is 8.98. The highest BCUT2D eigenvalue weighted by Gasteiger charge is 2.03. The first-order chi connectivity index (χ1) is 7.68. The molecule has 4 nitrogen and oxygen atoms in total. The number of hydroxylamine groups is 1. The van der Waals surface area contributed by atoms with Gasteiger partial charge in [-0.15, -0.1) is 0 Å². The molecule has 4 heteroatoms. The van der Waals surface area contributed by atoms with E-state index in [2.05, 4.69) is 5.48 Å². The maximum Gasteiger partial charge on any atom is 0.243 e. The normalized spacial score (nSPS) is 12.1. The number of aliphatic hydroxyl groups excluding tert-OH is 1. The molecular formula is C12H17NO3. The zero-order valence-electron chi connectivity index (χ0n) is 9.35. The molecule has 0 fully saturated rings. The van der Waals surface area contributed by atoms with Crippen molar-refractivity contribution in [3.8, 4) is 0 Å². The molecule has 0 aliphatic heterocycles. The largest absolute Gasteiger partial charge is 0.393 e. The zero-order chi connectivity index (χ0) is 11.8. The van der Waals surface area contributed by atoms with E-state index in [1.165, 1.54) is 0 Å². The Morgan fingerprint density at radius 1 is 1.44 bits per heavy atom. The Labute approximate surface area is 95.2 Å². The highest BCUT2D eigenvalue weighted by Crippen LogP contribution is 2.00. The van der Waals surface area contributed by atoms with Crippen molar-refractivity contribution in [2.24, 2.45) is 0 Å². The molecule has 2 N–H and O–H groups in total. The van der Waals surface area contributed by atoms with Crippen LogP contribution in [0.1, 0.15) is 25.3 Å². The van der Waals surface area contributed by atoms with Gasteiger partial charge in [0.05, 0.1) is 12.7 Å². The van der Waals surface area contributed by atoms with E-state index in [0.717, 1.165) is 5.56 Å². The predicted octanol–water partition coefficient (Wildman–Crippen LogP) is 1.40. The first kappa shape index (κ1) is 12.7. The molecule has 0 saturated heterocycles. The van der Waals surface area contributed by atoms with Crippen LogP contribution in [0.3, 0.4) is 0 Å². The van der Waals surface area contributed by atoms with Gasteiger partial charge < -0.3 is 5.11 Å². The lowest BCUT2D eigenvalue weighted by Crippen LogP contribution is -2.24. The Bertz CT molecular complexity index is 311. The second-order valence-corrected chi connectivity index (χ2v) is 3.69. The highest BCUT2D eigenvalue weighted by atomic mass is 16.6. The third-order valence-electron chi connectivity index (χ3n) is 2.06. The van der Waals surface area contributed by atoms with E-state index in [0.29, 0.717) is 13.0 Å². The Hall–Kier alpha value is -1.39. The van der Waals surface area contributed by atoms with E-state index in [-0.39, 0.29) is 12.3 Å². The molecule has 0 radical (unpaired) electrons. The molecule has 88 valence electrons. The van der Waals surface area contributed by atoms with Gasteiger partial charge in [-0.2, -0.15) is 0 Å². The summed E-state index contributed by atoms with van der Waals surface area (Å²) in [5.41, 5.74) is 3.33. The number of hydrogen-bond acceptors (Lipinski definition) is 3. The third kappa shape index (κ3) is 5.48. The molecule has 0 saturated carbocycles. The van der Waals surface area contributed by atoms with Crippen LogP contribution in [-0.2, 0) is 16.2 Å². The van der Waals surface area contributed by atoms with E-state index < -0.39 is 6.10 Å². The smallest absolute Gasteiger partial charge is 0.243 e. The van der Waals surface area contributed by atoms with E-state index in [9.17, 15) is 4.79 Å². The molecule has 1 unspecified atom stereocenters. The van der Waals surface area contributed by atoms with Crippen molar-refractivity contribution >= 4 is 5.91 Å². The Morgan fingerprint density at radius 2 is 2.12 bits per heavy atom. The Kier molecular flexibility index (Phi) is 5.53. The quantitative estimate of drug-likeness (QED) is 0.717. The second kappa shape index (κ2) is 6.98. The Morgan fingerprint density at radius 3 is 2.75 bits per heavy atom. The molecule has 0 bridgehead atoms. The molecule has 0 heterocycles. The fourth-order valence-corrected chi connectivity index (χ4v) is 1.17. The molecule has 1 amide bonds. The number of hydrogen-bond donors (Lipinski definition) is 2. The van der Waals surface area contributed by atoms with Gasteiger partial charge in [-0.05, 0) is 18.9 Å². The van der Waals surface area contributed by atoms with Crippen molar-refractivity contribution < 1.29 is 14.7 Å². The first-order valence-electron chi connectivity index (χ1n) is 5.31. The molecule has 0 aromatic heterocycles. The number of nitrogens with one attached hydrogen (secondary N) is 1. The van der Waals surface area contributed by atoms with Crippen LogP contribution in [0, 0.1) is 0 Å². The van der Waals surface area contributed by atoms with Crippen molar-refractivity contribution in [1.29, 1.82) is 0 Å². The van der Waals surface area contributed by atoms with Gasteiger partial charge in [0.1, 0.15) is 0 Å². The summed E-state index contributed by atoms with van der Waals surface area (Å²) in [4.78, 5) is 16.2. The minimum absolute atomic E-state index is 0.211. The first-order valence-corrected chi connectivity index (χ1v) is 5.31. The monoisotopic (exact) mass is 223 g/mol. The Balaban J connectivity index is 2.13. The van der Waals surface area contributed by atoms with Crippen LogP contribution < -0.4 is 5.48 Å². The zero-order valence-corrected chi connectivity index (χ0v) is 9.35. The summed E-state index contributed by atoms with van der Waals surface area (Å²) in [6.45, 7) is 2.00. The predicted molar refractivity (Wildman–Crippen MR) is 60.3 cm³/mol. The molecule has 1 aromatic carbocycles. The average Bonchev–Trinajstić information content (AvgIpc) is 2.28. The summed E-state index contributed by atoms with van der Waals surface area (Å²) in [6, 6.07) is 9.58. The number of carbonyl (C=O) groups is 1. The summed E-state index contributed by atoms with van der Waals surface area (Å²) < 4.78 is 0. The summed E-state index contributed by atoms with van der Waals surface area (Å²) in [5.74, 6) is -0.211. The molecule has 0 aliphatic carbocycles. The van der Waals surface area contributed by atoms with Crippen LogP contribution in [0.25, 0.3) is 0 Å². The number of benzene rings is 1. The number of carbonyl (C=O) groups excluding carboxylic acids is 1. The van der Waals surface area contributed by atoms with Crippen LogP contribution in [0.5, 0.6) is 0 Å². The number of amides is 1. The van der Waals surface area contributed by atoms with Gasteiger partial charge >= 0.3 is 0 Å². The SMILES string of the molecule is CC(O)CCC(=O)NOCc1ccccc1. The van der Waals surface area contributed by atoms with Crippen LogP contribution in [0.4, 0.5) is 0 Å². The van der Waals surface area contributed by atoms with Crippen molar-refractivity contribution in [3.05, 3.63) is 35.9 Å². The van der Waals surface area contributed by atoms with E-state index >= 15 is 0 Å². The molecule has 1 aromatic rings. The lowest BCUT2D eigenvalue weighted by Gasteiger charge is -2.06. The molecule has 1 atom stereocenters. The number of aliphatic hydroxyl groups is 1. The molecule has 0 aliphatic rings. The van der Waals surface area contributed by atoms with Crippen LogP contribution in [0.15, 0.2) is 30.3 Å². The van der Waals surface area contributed by atoms with Crippen LogP contribution >= 0.6 is 0 Å². The third-order valence-corrected chi connectivity index (χ3v) is 2.06. The summed E-state index contributed by atoms with van der Waals surface area (Å²) in [7, 11) is 0. The van der Waals surface area contributed by atoms with Crippen molar-refractivity contribution in [1.82, 2.24) is 5.48 Å². The van der Waals surface area contributed by atoms with Gasteiger partial charge in [-0.25, -0.2) is 5.48 Å². The maximum absolute atomic E-state index is 11.2. The molecule has 16 heavy (non-hydrogen) atoms.